The van der Waals surface area contributed by atoms with Crippen molar-refractivity contribution < 1.29 is 23.8 Å². The van der Waals surface area contributed by atoms with Gasteiger partial charge in [0, 0.05) is 5.41 Å². The number of carbonyl (C=O) groups is 2. The zero-order valence-corrected chi connectivity index (χ0v) is 25.5. The fourth-order valence-electron chi connectivity index (χ4n) is 9.62. The Morgan fingerprint density at radius 2 is 1.98 bits per heavy atom. The number of nitriles is 1. The first-order chi connectivity index (χ1) is 20.6. The fraction of sp³-hybridized carbons (Fsp3) is 0.588. The third kappa shape index (κ3) is 4.19. The van der Waals surface area contributed by atoms with Crippen LogP contribution in [-0.4, -0.2) is 43.4 Å². The number of halogens is 1. The lowest BCUT2D eigenvalue weighted by atomic mass is 9.45. The number of hydrogen-bond acceptors (Lipinski definition) is 7. The van der Waals surface area contributed by atoms with Gasteiger partial charge in [-0.25, -0.2) is 9.07 Å². The molecule has 5 aliphatic carbocycles. The highest BCUT2D eigenvalue weighted by Crippen LogP contribution is 2.69. The molecule has 0 radical (unpaired) electrons. The molecule has 4 fully saturated rings. The van der Waals surface area contributed by atoms with Gasteiger partial charge in [-0.1, -0.05) is 37.6 Å². The van der Waals surface area contributed by atoms with Gasteiger partial charge in [0.1, 0.15) is 5.82 Å². The van der Waals surface area contributed by atoms with E-state index in [4.69, 9.17) is 4.74 Å². The second kappa shape index (κ2) is 10.3. The highest BCUT2D eigenvalue weighted by molar-refractivity contribution is 8.14. The normalized spacial score (nSPS) is 36.2. The van der Waals surface area contributed by atoms with Gasteiger partial charge in [-0.3, -0.25) is 9.59 Å². The highest BCUT2D eigenvalue weighted by Gasteiger charge is 2.71. The first-order valence-electron chi connectivity index (χ1n) is 15.6. The van der Waals surface area contributed by atoms with Gasteiger partial charge in [0.05, 0.1) is 41.4 Å². The molecule has 5 unspecified atom stereocenters. The largest absolute Gasteiger partial charge is 0.449 e. The lowest BCUT2D eigenvalue weighted by molar-refractivity contribution is -0.201. The summed E-state index contributed by atoms with van der Waals surface area (Å²) < 4.78 is 21.8. The topological polar surface area (TPSA) is 105 Å². The van der Waals surface area contributed by atoms with Gasteiger partial charge in [-0.15, -0.1) is 0 Å². The molecular weight excluding hydrogens is 565 g/mol. The summed E-state index contributed by atoms with van der Waals surface area (Å²) in [4.78, 5) is 27.2. The molecule has 1 aromatic heterocycles. The summed E-state index contributed by atoms with van der Waals surface area (Å²) in [5.41, 5.74) is 1.91. The average molecular weight is 604 g/mol. The lowest BCUT2D eigenvalue weighted by Crippen LogP contribution is -2.62. The summed E-state index contributed by atoms with van der Waals surface area (Å²) in [7, 11) is 0. The molecule has 43 heavy (non-hydrogen) atoms. The molecule has 7 atom stereocenters. The van der Waals surface area contributed by atoms with Gasteiger partial charge in [-0.05, 0) is 110 Å². The molecule has 1 aromatic carbocycles. The number of ether oxygens (including phenoxy) is 1. The summed E-state index contributed by atoms with van der Waals surface area (Å²) >= 11 is 0.950. The van der Waals surface area contributed by atoms with Crippen LogP contribution in [0.2, 0.25) is 0 Å². The van der Waals surface area contributed by atoms with E-state index >= 15 is 0 Å². The number of aromatic nitrogens is 2. The van der Waals surface area contributed by atoms with Crippen LogP contribution in [0, 0.1) is 51.6 Å². The van der Waals surface area contributed by atoms with Crippen LogP contribution in [0.4, 0.5) is 4.39 Å². The van der Waals surface area contributed by atoms with Crippen LogP contribution in [0.15, 0.2) is 36.0 Å². The summed E-state index contributed by atoms with van der Waals surface area (Å²) in [5.74, 6) is -0.459. The number of aliphatic hydroxyl groups excluding tert-OH is 1. The van der Waals surface area contributed by atoms with Crippen molar-refractivity contribution in [3.05, 3.63) is 53.1 Å². The number of carbonyl (C=O) groups excluding carboxylic acids is 2. The van der Waals surface area contributed by atoms with Gasteiger partial charge in [0.25, 0.3) is 0 Å². The summed E-state index contributed by atoms with van der Waals surface area (Å²) in [5, 5.41) is 25.7. The molecule has 0 bridgehead atoms. The van der Waals surface area contributed by atoms with E-state index in [0.29, 0.717) is 12.8 Å². The van der Waals surface area contributed by atoms with Gasteiger partial charge in [0.2, 0.25) is 5.12 Å². The number of allylic oxidation sites excluding steroid dienone is 1. The number of benzene rings is 1. The van der Waals surface area contributed by atoms with E-state index in [2.05, 4.69) is 31.1 Å². The van der Waals surface area contributed by atoms with Crippen LogP contribution in [0.25, 0.3) is 11.8 Å². The molecule has 7 nitrogen and oxygen atoms in total. The SMILES string of the molecule is CC12Cc3cnn(-c4ccc(F)cc4)c3C=C1CCC1[C@@H]2C(O)CC2(C)[C@H]1CCC2(OC(=O)C1CCC1)C(=O)SCC#N. The van der Waals surface area contributed by atoms with Gasteiger partial charge in [0.15, 0.2) is 5.60 Å². The van der Waals surface area contributed by atoms with Crippen molar-refractivity contribution in [2.75, 3.05) is 5.75 Å². The van der Waals surface area contributed by atoms with Gasteiger partial charge in [-0.2, -0.15) is 10.4 Å². The quantitative estimate of drug-likeness (QED) is 0.416. The van der Waals surface area contributed by atoms with Crippen LogP contribution in [0.3, 0.4) is 0 Å². The van der Waals surface area contributed by atoms with E-state index in [1.807, 2.05) is 10.9 Å². The minimum Gasteiger partial charge on any atom is -0.449 e. The second-order valence-electron chi connectivity index (χ2n) is 13.9. The van der Waals surface area contributed by atoms with Gasteiger partial charge >= 0.3 is 5.97 Å². The lowest BCUT2D eigenvalue weighted by Gasteiger charge is -2.60. The number of esters is 1. The number of aliphatic hydroxyl groups is 1. The molecule has 0 saturated heterocycles. The summed E-state index contributed by atoms with van der Waals surface area (Å²) in [6, 6.07) is 8.41. The Hall–Kier alpha value is -2.96. The van der Waals surface area contributed by atoms with Gasteiger partial charge < -0.3 is 9.84 Å². The van der Waals surface area contributed by atoms with Crippen molar-refractivity contribution in [2.45, 2.75) is 83.3 Å². The number of hydrogen-bond donors (Lipinski definition) is 1. The van der Waals surface area contributed by atoms with E-state index in [1.54, 1.807) is 12.1 Å². The van der Waals surface area contributed by atoms with Crippen LogP contribution < -0.4 is 0 Å². The van der Waals surface area contributed by atoms with Crippen molar-refractivity contribution in [1.82, 2.24) is 9.78 Å². The Bertz CT molecular complexity index is 1540. The van der Waals surface area contributed by atoms with E-state index in [0.717, 1.165) is 73.7 Å². The smallest absolute Gasteiger partial charge is 0.309 e. The molecule has 2 aromatic rings. The molecule has 0 amide bonds. The minimum absolute atomic E-state index is 0.00658. The van der Waals surface area contributed by atoms with Crippen LogP contribution in [-0.2, 0) is 20.7 Å². The van der Waals surface area contributed by atoms with Crippen LogP contribution in [0.1, 0.15) is 76.5 Å². The van der Waals surface area contributed by atoms with Crippen LogP contribution in [0.5, 0.6) is 0 Å². The van der Waals surface area contributed by atoms with E-state index < -0.39 is 17.1 Å². The number of rotatable bonds is 5. The molecule has 7 rings (SSSR count). The standard InChI is InChI=1S/C34H38FN3O4S/c1-32-17-21-19-37-38(24-9-7-23(35)8-10-24)27(21)16-22(32)6-11-25-26-12-13-34(31(41)43-15-14-36,42-30(40)20-4-3-5-20)33(26,2)18-28(39)29(25)32/h7-10,16,19-20,25-26,28-29,39H,3-6,11-13,15,17-18H2,1-2H3/t25?,26-,28?,29+,32?,33?,34?/m0/s1. The maximum atomic E-state index is 13.9. The summed E-state index contributed by atoms with van der Waals surface area (Å²) in [6.07, 6.45) is 10.1. The Kier molecular flexibility index (Phi) is 6.90. The Labute approximate surface area is 255 Å². The van der Waals surface area contributed by atoms with Crippen molar-refractivity contribution in [2.24, 2.45) is 34.5 Å². The minimum atomic E-state index is -1.33. The number of fused-ring (bicyclic) bond motifs is 6. The Morgan fingerprint density at radius 3 is 2.67 bits per heavy atom. The first kappa shape index (κ1) is 28.8. The molecule has 1 N–H and O–H groups in total. The predicted molar refractivity (Wildman–Crippen MR) is 160 cm³/mol. The summed E-state index contributed by atoms with van der Waals surface area (Å²) in [6.45, 7) is 4.33. The van der Waals surface area contributed by atoms with E-state index in [-0.39, 0.29) is 51.7 Å². The second-order valence-corrected chi connectivity index (χ2v) is 14.8. The van der Waals surface area contributed by atoms with Crippen molar-refractivity contribution in [3.63, 3.8) is 0 Å². The first-order valence-corrected chi connectivity index (χ1v) is 16.6. The Balaban J connectivity index is 1.22. The Morgan fingerprint density at radius 1 is 1.21 bits per heavy atom. The molecule has 1 heterocycles. The molecular formula is C34H38FN3O4S. The van der Waals surface area contributed by atoms with Crippen molar-refractivity contribution in [1.29, 1.82) is 5.26 Å². The van der Waals surface area contributed by atoms with Crippen molar-refractivity contribution in [3.8, 4) is 11.8 Å². The van der Waals surface area contributed by atoms with Crippen molar-refractivity contribution >= 4 is 28.9 Å². The predicted octanol–water partition coefficient (Wildman–Crippen LogP) is 6.03. The third-order valence-corrected chi connectivity index (χ3v) is 12.8. The fourth-order valence-corrected chi connectivity index (χ4v) is 10.4. The van der Waals surface area contributed by atoms with E-state index in [9.17, 15) is 24.3 Å². The molecule has 226 valence electrons. The number of thioether (sulfide) groups is 1. The average Bonchev–Trinajstić information content (AvgIpc) is 3.47. The van der Waals surface area contributed by atoms with Crippen LogP contribution >= 0.6 is 11.8 Å². The molecule has 4 saturated carbocycles. The number of nitrogens with zero attached hydrogens (tertiary/aromatic N) is 3. The maximum absolute atomic E-state index is 13.9. The highest BCUT2D eigenvalue weighted by atomic mass is 32.2. The molecule has 9 heteroatoms. The molecule has 5 aliphatic rings. The monoisotopic (exact) mass is 603 g/mol. The molecule has 0 aliphatic heterocycles. The zero-order valence-electron chi connectivity index (χ0n) is 24.7. The van der Waals surface area contributed by atoms with E-state index in [1.165, 1.54) is 17.7 Å². The maximum Gasteiger partial charge on any atom is 0.309 e. The third-order valence-electron chi connectivity index (χ3n) is 11.9. The molecule has 0 spiro atoms. The zero-order chi connectivity index (χ0) is 30.1.